The molecule has 0 radical (unpaired) electrons. The van der Waals surface area contributed by atoms with Gasteiger partial charge in [0.15, 0.2) is 6.29 Å². The van der Waals surface area contributed by atoms with Crippen LogP contribution in [0.2, 0.25) is 0 Å². The lowest BCUT2D eigenvalue weighted by atomic mass is 9.83. The SMILES string of the molecule is CC1CC=CCC1C1OCC(C)([N+](=O)[O-])CO1. The average Bonchev–Trinajstić information content (AvgIpc) is 2.31. The molecule has 0 aromatic heterocycles. The van der Waals surface area contributed by atoms with Crippen LogP contribution >= 0.6 is 0 Å². The van der Waals surface area contributed by atoms with Gasteiger partial charge in [-0.1, -0.05) is 19.1 Å². The Balaban J connectivity index is 1.95. The summed E-state index contributed by atoms with van der Waals surface area (Å²) in [5, 5.41) is 10.9. The van der Waals surface area contributed by atoms with Crippen LogP contribution in [0.1, 0.15) is 26.7 Å². The first-order valence-electron chi connectivity index (χ1n) is 6.05. The zero-order chi connectivity index (χ0) is 12.5. The summed E-state index contributed by atoms with van der Waals surface area (Å²) in [6, 6.07) is 0. The fraction of sp³-hybridized carbons (Fsp3) is 0.833. The van der Waals surface area contributed by atoms with Crippen LogP contribution in [0.4, 0.5) is 0 Å². The number of hydrogen-bond donors (Lipinski definition) is 0. The molecule has 0 saturated carbocycles. The lowest BCUT2D eigenvalue weighted by molar-refractivity contribution is -0.587. The van der Waals surface area contributed by atoms with E-state index in [1.165, 1.54) is 0 Å². The second-order valence-electron chi connectivity index (χ2n) is 5.33. The molecule has 2 aliphatic rings. The fourth-order valence-corrected chi connectivity index (χ4v) is 2.32. The van der Waals surface area contributed by atoms with E-state index in [9.17, 15) is 10.1 Å². The predicted octanol–water partition coefficient (Wildman–Crippen LogP) is 2.00. The third kappa shape index (κ3) is 2.50. The van der Waals surface area contributed by atoms with Crippen LogP contribution in [0.3, 0.4) is 0 Å². The molecule has 5 nitrogen and oxygen atoms in total. The summed E-state index contributed by atoms with van der Waals surface area (Å²) in [5.74, 6) is 0.821. The highest BCUT2D eigenvalue weighted by molar-refractivity contribution is 4.95. The maximum absolute atomic E-state index is 10.9. The van der Waals surface area contributed by atoms with E-state index >= 15 is 0 Å². The van der Waals surface area contributed by atoms with E-state index in [0.29, 0.717) is 11.8 Å². The van der Waals surface area contributed by atoms with E-state index in [-0.39, 0.29) is 24.4 Å². The van der Waals surface area contributed by atoms with Crippen molar-refractivity contribution in [3.63, 3.8) is 0 Å². The summed E-state index contributed by atoms with van der Waals surface area (Å²) in [6.07, 6.45) is 5.98. The molecule has 5 heteroatoms. The third-order valence-electron chi connectivity index (χ3n) is 3.72. The second-order valence-corrected chi connectivity index (χ2v) is 5.33. The molecule has 1 aliphatic carbocycles. The van der Waals surface area contributed by atoms with Crippen molar-refractivity contribution in [1.29, 1.82) is 0 Å². The molecule has 1 heterocycles. The van der Waals surface area contributed by atoms with Crippen molar-refractivity contribution in [2.24, 2.45) is 11.8 Å². The summed E-state index contributed by atoms with van der Waals surface area (Å²) in [7, 11) is 0. The maximum atomic E-state index is 10.9. The van der Waals surface area contributed by atoms with Crippen molar-refractivity contribution in [3.8, 4) is 0 Å². The average molecular weight is 241 g/mol. The Morgan fingerprint density at radius 3 is 2.41 bits per heavy atom. The van der Waals surface area contributed by atoms with Crippen molar-refractivity contribution in [2.75, 3.05) is 13.2 Å². The molecule has 0 bridgehead atoms. The van der Waals surface area contributed by atoms with Gasteiger partial charge in [0.2, 0.25) is 0 Å². The number of nitro groups is 1. The molecular formula is C12H19NO4. The summed E-state index contributed by atoms with van der Waals surface area (Å²) in [6.45, 7) is 4.00. The van der Waals surface area contributed by atoms with Gasteiger partial charge >= 0.3 is 0 Å². The lowest BCUT2D eigenvalue weighted by Crippen LogP contribution is -2.52. The first kappa shape index (κ1) is 12.5. The summed E-state index contributed by atoms with van der Waals surface area (Å²) in [5.41, 5.74) is -1.09. The van der Waals surface area contributed by atoms with Gasteiger partial charge in [-0.05, 0) is 18.8 Å². The molecule has 0 N–H and O–H groups in total. The van der Waals surface area contributed by atoms with Crippen LogP contribution in [0, 0.1) is 22.0 Å². The normalized spacial score (nSPS) is 42.4. The zero-order valence-corrected chi connectivity index (χ0v) is 10.3. The molecule has 1 fully saturated rings. The Hall–Kier alpha value is -0.940. The summed E-state index contributed by atoms with van der Waals surface area (Å²) in [4.78, 5) is 10.5. The van der Waals surface area contributed by atoms with Gasteiger partial charge in [-0.2, -0.15) is 0 Å². The smallest absolute Gasteiger partial charge is 0.265 e. The minimum Gasteiger partial charge on any atom is -0.345 e. The monoisotopic (exact) mass is 241 g/mol. The molecule has 96 valence electrons. The highest BCUT2D eigenvalue weighted by atomic mass is 16.7. The number of nitrogens with zero attached hydrogens (tertiary/aromatic N) is 1. The molecule has 0 aromatic carbocycles. The van der Waals surface area contributed by atoms with Gasteiger partial charge in [0.05, 0.1) is 0 Å². The van der Waals surface area contributed by atoms with E-state index in [1.807, 2.05) is 0 Å². The molecule has 2 atom stereocenters. The largest absolute Gasteiger partial charge is 0.345 e. The Kier molecular flexibility index (Phi) is 3.49. The molecule has 0 spiro atoms. The highest BCUT2D eigenvalue weighted by Crippen LogP contribution is 2.33. The Labute approximate surface area is 101 Å². The minimum atomic E-state index is -1.09. The molecule has 1 aliphatic heterocycles. The standard InChI is InChI=1S/C12H19NO4/c1-9-5-3-4-6-10(9)11-16-7-12(2,8-17-11)13(14)15/h3-4,9-11H,5-8H2,1-2H3. The van der Waals surface area contributed by atoms with Crippen molar-refractivity contribution < 1.29 is 14.4 Å². The van der Waals surface area contributed by atoms with Gasteiger partial charge in [0.1, 0.15) is 13.2 Å². The van der Waals surface area contributed by atoms with Gasteiger partial charge in [0.25, 0.3) is 5.54 Å². The van der Waals surface area contributed by atoms with E-state index in [1.54, 1.807) is 6.92 Å². The number of rotatable bonds is 2. The highest BCUT2D eigenvalue weighted by Gasteiger charge is 2.45. The second kappa shape index (κ2) is 4.74. The molecule has 1 saturated heterocycles. The van der Waals surface area contributed by atoms with Crippen molar-refractivity contribution >= 4 is 0 Å². The van der Waals surface area contributed by atoms with Crippen LogP contribution < -0.4 is 0 Å². The van der Waals surface area contributed by atoms with E-state index in [0.717, 1.165) is 12.8 Å². The Morgan fingerprint density at radius 1 is 1.29 bits per heavy atom. The quantitative estimate of drug-likeness (QED) is 0.421. The number of ether oxygens (including phenoxy) is 2. The Morgan fingerprint density at radius 2 is 1.88 bits per heavy atom. The third-order valence-corrected chi connectivity index (χ3v) is 3.72. The van der Waals surface area contributed by atoms with E-state index in [2.05, 4.69) is 19.1 Å². The van der Waals surface area contributed by atoms with Crippen molar-refractivity contribution in [2.45, 2.75) is 38.5 Å². The summed E-state index contributed by atoms with van der Waals surface area (Å²) < 4.78 is 11.1. The molecule has 0 aromatic rings. The molecule has 17 heavy (non-hydrogen) atoms. The molecule has 0 amide bonds. The summed E-state index contributed by atoms with van der Waals surface area (Å²) >= 11 is 0. The van der Waals surface area contributed by atoms with Gasteiger partial charge in [0, 0.05) is 17.8 Å². The van der Waals surface area contributed by atoms with Crippen molar-refractivity contribution in [1.82, 2.24) is 0 Å². The maximum Gasteiger partial charge on any atom is 0.265 e. The van der Waals surface area contributed by atoms with Gasteiger partial charge < -0.3 is 9.47 Å². The predicted molar refractivity (Wildman–Crippen MR) is 62.1 cm³/mol. The first-order chi connectivity index (χ1) is 8.03. The topological polar surface area (TPSA) is 61.6 Å². The van der Waals surface area contributed by atoms with E-state index < -0.39 is 5.54 Å². The molecular weight excluding hydrogens is 222 g/mol. The van der Waals surface area contributed by atoms with Gasteiger partial charge in [-0.25, -0.2) is 0 Å². The minimum absolute atomic E-state index is 0.137. The Bertz CT molecular complexity index is 320. The van der Waals surface area contributed by atoms with Crippen LogP contribution in [0.5, 0.6) is 0 Å². The van der Waals surface area contributed by atoms with Crippen molar-refractivity contribution in [3.05, 3.63) is 22.3 Å². The molecule has 2 unspecified atom stereocenters. The van der Waals surface area contributed by atoms with Gasteiger partial charge in [-0.15, -0.1) is 0 Å². The van der Waals surface area contributed by atoms with E-state index in [4.69, 9.17) is 9.47 Å². The number of allylic oxidation sites excluding steroid dienone is 2. The lowest BCUT2D eigenvalue weighted by Gasteiger charge is -2.38. The van der Waals surface area contributed by atoms with Gasteiger partial charge in [-0.3, -0.25) is 10.1 Å². The van der Waals surface area contributed by atoms with Crippen LogP contribution in [-0.2, 0) is 9.47 Å². The van der Waals surface area contributed by atoms with Crippen LogP contribution in [0.25, 0.3) is 0 Å². The van der Waals surface area contributed by atoms with Crippen LogP contribution in [-0.4, -0.2) is 30.0 Å². The first-order valence-corrected chi connectivity index (χ1v) is 6.05. The fourth-order valence-electron chi connectivity index (χ4n) is 2.32. The number of hydrogen-bond acceptors (Lipinski definition) is 4. The molecule has 2 rings (SSSR count). The zero-order valence-electron chi connectivity index (χ0n) is 10.3. The van der Waals surface area contributed by atoms with Crippen LogP contribution in [0.15, 0.2) is 12.2 Å².